The fraction of sp³-hybridized carbons (Fsp3) is 0.443. The summed E-state index contributed by atoms with van der Waals surface area (Å²) in [6.07, 6.45) is -32.4. The molecular weight excluding hydrogens is 1760 g/mol. The van der Waals surface area contributed by atoms with E-state index in [0.29, 0.717) is 119 Å². The maximum atomic E-state index is 14.1. The molecule has 0 bridgehead atoms. The van der Waals surface area contributed by atoms with Crippen LogP contribution in [0.3, 0.4) is 0 Å². The Morgan fingerprint density at radius 1 is 0.469 bits per heavy atom. The second-order valence-electron chi connectivity index (χ2n) is 32.3. The van der Waals surface area contributed by atoms with Gasteiger partial charge in [0.1, 0.15) is 28.0 Å². The number of fused-ring (bicyclic) bond motifs is 3. The molecule has 0 spiro atoms. The smallest absolute Gasteiger partial charge is 0.416 e. The number of carbonyl (C=O) groups excluding carboxylic acids is 1. The molecule has 15 atom stereocenters. The van der Waals surface area contributed by atoms with Crippen LogP contribution in [-0.2, 0) is 70.2 Å². The van der Waals surface area contributed by atoms with E-state index in [0.717, 1.165) is 11.3 Å². The first-order valence-corrected chi connectivity index (χ1v) is 41.0. The van der Waals surface area contributed by atoms with Gasteiger partial charge in [0.2, 0.25) is 5.88 Å². The van der Waals surface area contributed by atoms with Gasteiger partial charge in [-0.15, -0.1) is 0 Å². The summed E-state index contributed by atoms with van der Waals surface area (Å²) in [7, 11) is 1.52. The Labute approximate surface area is 721 Å². The van der Waals surface area contributed by atoms with Crippen LogP contribution < -0.4 is 30.7 Å². The number of carbonyl (C=O) groups is 1. The number of nitrogens with zero attached hydrogens (tertiary/aromatic N) is 5. The zero-order valence-electron chi connectivity index (χ0n) is 69.1. The number of nitrogens with one attached hydrogen (secondary N) is 2. The third kappa shape index (κ3) is 21.7. The number of aryl methyl sites for hydroxylation is 3. The fourth-order valence-corrected chi connectivity index (χ4v) is 18.5. The van der Waals surface area contributed by atoms with Crippen LogP contribution in [0.2, 0.25) is 0 Å². The van der Waals surface area contributed by atoms with Gasteiger partial charge in [0, 0.05) is 87.0 Å². The highest BCUT2D eigenvalue weighted by Crippen LogP contribution is 2.53. The molecule has 6 fully saturated rings. The molecule has 128 heavy (non-hydrogen) atoms. The summed E-state index contributed by atoms with van der Waals surface area (Å²) in [5.74, 6) is -3.74. The van der Waals surface area contributed by atoms with Crippen molar-refractivity contribution in [3.63, 3.8) is 0 Å². The predicted octanol–water partition coefficient (Wildman–Crippen LogP) is 20.8. The minimum atomic E-state index is -5.02. The number of halogens is 21. The SMILES string of the molecule is CCOC(=O)c1cnc(N2C[C@H]3CO[C@H](O[C@H](C)c4cc(C(F)(F)F)cc(C(F)(F)F)c4)[C@@H](c4ccc(F)cc4C)[C@@H]3C2)s1.COc1ccc(N2C[C@H]3CO[C@H](O[C@H](C)c4cc(C(F)(F)F)cc(C(F)(F)F)c4)[C@@H](c4ccc(F)cc4C)[C@@H]3C2)cn1.Cc1cc(F)ccc1[C@@H]1[C@@H](O[C@H](C)c2cc(C(F)(F)F)cc(C(F)(F)F)c2)OC[C@@H]2CN(c3c[nH]c(=O)[nH]c3=O)C[C@H]21. The molecule has 0 unspecified atom stereocenters. The minimum Gasteiger partial charge on any atom is -0.481 e. The first-order chi connectivity index (χ1) is 60.0. The van der Waals surface area contributed by atoms with Crippen LogP contribution in [-0.4, -0.2) is 118 Å². The predicted molar refractivity (Wildman–Crippen MR) is 423 cm³/mol. The quantitative estimate of drug-likeness (QED) is 0.0608. The lowest BCUT2D eigenvalue weighted by atomic mass is 9.76. The summed E-state index contributed by atoms with van der Waals surface area (Å²) in [5, 5.41) is 0.589. The third-order valence-electron chi connectivity index (χ3n) is 23.9. The van der Waals surface area contributed by atoms with Gasteiger partial charge in [-0.2, -0.15) is 79.0 Å². The largest absolute Gasteiger partial charge is 0.481 e. The van der Waals surface area contributed by atoms with Gasteiger partial charge in [-0.05, 0) is 213 Å². The molecule has 6 aliphatic rings. The molecule has 40 heteroatoms. The van der Waals surface area contributed by atoms with Crippen LogP contribution in [0.4, 0.5) is 109 Å². The van der Waals surface area contributed by atoms with Crippen molar-refractivity contribution in [2.45, 2.75) is 140 Å². The number of anilines is 3. The number of pyridine rings is 1. The van der Waals surface area contributed by atoms with Crippen molar-refractivity contribution in [3.8, 4) is 5.88 Å². The van der Waals surface area contributed by atoms with E-state index in [4.69, 9.17) is 37.9 Å². The number of esters is 1. The second kappa shape index (κ2) is 37.7. The van der Waals surface area contributed by atoms with E-state index in [2.05, 4.69) is 24.8 Å². The number of alkyl halides is 18. The van der Waals surface area contributed by atoms with Crippen LogP contribution in [0, 0.1) is 73.7 Å². The molecule has 2 N–H and O–H groups in total. The van der Waals surface area contributed by atoms with Crippen molar-refractivity contribution >= 4 is 33.8 Å². The first kappa shape index (κ1) is 95.3. The van der Waals surface area contributed by atoms with Crippen LogP contribution in [0.1, 0.15) is 157 Å². The molecule has 6 aromatic carbocycles. The standard InChI is InChI=1S/C30H29F7N2O4S.C30H29F7N2O3.C28H26F7N3O4/c1-4-41-26(40)24-11-38-28(44-24)39-12-18-14-42-27(25(23(18)13-39)22-6-5-21(31)7-15(22)2)43-16(3)17-8-19(29(32,33)34)10-20(9-17)30(35,36)37;1-16-8-22(31)4-6-24(16)27-25-14-39(23-5-7-26(40-3)38-12-23)13-19(25)15-41-28(27)42-17(2)18-9-20(29(32,33)34)11-21(10-18)30(35,36)37;1-13-5-19(29)3-4-20(13)23-21-11-38(22-9-36-26(40)37-24(22)39)10-16(21)12-41-25(23)42-14(2)15-6-17(27(30,31)32)8-18(7-15)28(33,34)35/h5-11,16,18,23,25,27H,4,12-14H2,1-3H3;4-12,17,19,25,27-28H,13-15H2,1-3H3;3-9,14,16,21,23,25H,10-12H2,1-2H3,(H2,36,37,39,40)/t16-,18+,23-,25+,27-;17-,19+,25-,27+,28-;14-,16+,21-,23+,25-/m111/s1. The summed E-state index contributed by atoms with van der Waals surface area (Å²) in [5.41, 5.74) is -5.96. The normalized spacial score (nSPS) is 23.4. The lowest BCUT2D eigenvalue weighted by Crippen LogP contribution is -2.42. The van der Waals surface area contributed by atoms with Gasteiger partial charge >= 0.3 is 48.7 Å². The number of aromatic amines is 2. The highest BCUT2D eigenvalue weighted by molar-refractivity contribution is 7.17. The summed E-state index contributed by atoms with van der Waals surface area (Å²) in [6.45, 7) is 14.5. The summed E-state index contributed by atoms with van der Waals surface area (Å²) in [6, 6.07) is 20.3. The zero-order chi connectivity index (χ0) is 92.9. The van der Waals surface area contributed by atoms with Crippen LogP contribution in [0.25, 0.3) is 0 Å². The molecule has 6 saturated heterocycles. The van der Waals surface area contributed by atoms with Crippen LogP contribution in [0.15, 0.2) is 150 Å². The molecule has 15 rings (SSSR count). The summed E-state index contributed by atoms with van der Waals surface area (Å²) >= 11 is 1.18. The van der Waals surface area contributed by atoms with E-state index < -0.39 is 160 Å². The van der Waals surface area contributed by atoms with Crippen molar-refractivity contribution in [3.05, 3.63) is 267 Å². The number of ether oxygens (including phenoxy) is 8. The molecular formula is C88H84F21N7O11S. The van der Waals surface area contributed by atoms with E-state index in [-0.39, 0.29) is 103 Å². The number of methoxy groups -OCH3 is 1. The van der Waals surface area contributed by atoms with Gasteiger partial charge in [0.05, 0.1) is 103 Å². The van der Waals surface area contributed by atoms with E-state index in [9.17, 15) is 107 Å². The molecule has 9 heterocycles. The van der Waals surface area contributed by atoms with Gasteiger partial charge < -0.3 is 57.6 Å². The topological polar surface area (TPSA) is 192 Å². The Morgan fingerprint density at radius 2 is 0.820 bits per heavy atom. The number of thiazole rings is 1. The van der Waals surface area contributed by atoms with Crippen molar-refractivity contribution in [1.29, 1.82) is 0 Å². The number of rotatable bonds is 18. The lowest BCUT2D eigenvalue weighted by molar-refractivity contribution is -0.217. The zero-order valence-corrected chi connectivity index (χ0v) is 69.9. The average molecular weight is 1850 g/mol. The third-order valence-corrected chi connectivity index (χ3v) is 24.9. The molecule has 0 saturated carbocycles. The summed E-state index contributed by atoms with van der Waals surface area (Å²) in [4.78, 5) is 55.6. The number of aromatic nitrogens is 4. The van der Waals surface area contributed by atoms with E-state index in [1.54, 1.807) is 63.1 Å². The van der Waals surface area contributed by atoms with Crippen molar-refractivity contribution in [2.24, 2.45) is 35.5 Å². The molecule has 690 valence electrons. The van der Waals surface area contributed by atoms with E-state index in [1.165, 1.54) is 88.0 Å². The summed E-state index contributed by atoms with van der Waals surface area (Å²) < 4.78 is 332. The Kier molecular flexibility index (Phi) is 28.1. The van der Waals surface area contributed by atoms with Crippen molar-refractivity contribution in [1.82, 2.24) is 19.9 Å². The van der Waals surface area contributed by atoms with Gasteiger partial charge in [-0.25, -0.2) is 32.7 Å². The Morgan fingerprint density at radius 3 is 1.15 bits per heavy atom. The first-order valence-electron chi connectivity index (χ1n) is 40.2. The van der Waals surface area contributed by atoms with Crippen molar-refractivity contribution in [2.75, 3.05) is 87.5 Å². The van der Waals surface area contributed by atoms with E-state index >= 15 is 0 Å². The highest BCUT2D eigenvalue weighted by Gasteiger charge is 2.53. The second-order valence-corrected chi connectivity index (χ2v) is 33.3. The number of H-pyrrole nitrogens is 2. The number of hydrogen-bond acceptors (Lipinski definition) is 17. The molecule has 6 aliphatic heterocycles. The number of benzene rings is 6. The molecule has 0 aliphatic carbocycles. The fourth-order valence-electron chi connectivity index (χ4n) is 17.6. The van der Waals surface area contributed by atoms with Gasteiger partial charge in [-0.1, -0.05) is 29.5 Å². The minimum absolute atomic E-state index is 0.0297. The van der Waals surface area contributed by atoms with Gasteiger partial charge in [0.25, 0.3) is 5.56 Å². The number of hydrogen-bond donors (Lipinski definition) is 2. The average Bonchev–Trinajstić information content (AvgIpc) is 1.48. The van der Waals surface area contributed by atoms with E-state index in [1.807, 2.05) is 11.0 Å². The molecule has 0 radical (unpaired) electrons. The highest BCUT2D eigenvalue weighted by atomic mass is 32.1. The lowest BCUT2D eigenvalue weighted by Gasteiger charge is -2.41. The Hall–Kier alpha value is -10.3. The molecule has 3 aromatic heterocycles. The van der Waals surface area contributed by atoms with Crippen LogP contribution >= 0.6 is 11.3 Å². The van der Waals surface area contributed by atoms with Gasteiger partial charge in [-0.3, -0.25) is 9.78 Å². The van der Waals surface area contributed by atoms with Crippen molar-refractivity contribution < 1.29 is 135 Å². The maximum absolute atomic E-state index is 14.1. The Balaban J connectivity index is 0.000000164. The van der Waals surface area contributed by atoms with Crippen LogP contribution in [0.5, 0.6) is 5.88 Å². The molecule has 0 amide bonds. The van der Waals surface area contributed by atoms with Gasteiger partial charge in [0.15, 0.2) is 24.0 Å². The Bertz CT molecular complexity index is 5470. The maximum Gasteiger partial charge on any atom is 0.416 e. The monoisotopic (exact) mass is 1850 g/mol. The molecule has 9 aromatic rings. The molecule has 18 nitrogen and oxygen atoms in total.